The lowest BCUT2D eigenvalue weighted by Gasteiger charge is -2.16. The zero-order valence-corrected chi connectivity index (χ0v) is 14.5. The highest BCUT2D eigenvalue weighted by Gasteiger charge is 2.14. The SMILES string of the molecule is Cc1nc(N(C)C)ncc1C(=O)NC(C)CCc1ccc(F)cc1. The number of carbonyl (C=O) groups excluding carboxylic acids is 1. The van der Waals surface area contributed by atoms with Crippen LogP contribution in [0.5, 0.6) is 0 Å². The average molecular weight is 330 g/mol. The minimum Gasteiger partial charge on any atom is -0.349 e. The second-order valence-corrected chi connectivity index (χ2v) is 6.10. The van der Waals surface area contributed by atoms with E-state index in [1.165, 1.54) is 12.1 Å². The van der Waals surface area contributed by atoms with Gasteiger partial charge in [-0.2, -0.15) is 0 Å². The van der Waals surface area contributed by atoms with Crippen LogP contribution in [0.1, 0.15) is 35.0 Å². The van der Waals surface area contributed by atoms with Gasteiger partial charge in [-0.3, -0.25) is 4.79 Å². The Bertz CT molecular complexity index is 701. The van der Waals surface area contributed by atoms with Crippen molar-refractivity contribution in [3.05, 3.63) is 53.1 Å². The summed E-state index contributed by atoms with van der Waals surface area (Å²) in [5.41, 5.74) is 2.18. The summed E-state index contributed by atoms with van der Waals surface area (Å²) in [6, 6.07) is 6.43. The molecule has 1 unspecified atom stereocenters. The molecule has 1 aromatic carbocycles. The van der Waals surface area contributed by atoms with E-state index < -0.39 is 0 Å². The largest absolute Gasteiger partial charge is 0.349 e. The van der Waals surface area contributed by atoms with Crippen LogP contribution in [0.2, 0.25) is 0 Å². The summed E-state index contributed by atoms with van der Waals surface area (Å²) in [7, 11) is 3.71. The number of benzene rings is 1. The van der Waals surface area contributed by atoms with E-state index in [0.717, 1.165) is 18.4 Å². The fraction of sp³-hybridized carbons (Fsp3) is 0.389. The number of aryl methyl sites for hydroxylation is 2. The number of hydrogen-bond acceptors (Lipinski definition) is 4. The first-order valence-electron chi connectivity index (χ1n) is 7.93. The fourth-order valence-corrected chi connectivity index (χ4v) is 2.30. The minimum absolute atomic E-state index is 0.00419. The van der Waals surface area contributed by atoms with E-state index in [4.69, 9.17) is 0 Å². The van der Waals surface area contributed by atoms with Crippen LogP contribution in [0.15, 0.2) is 30.5 Å². The van der Waals surface area contributed by atoms with Crippen LogP contribution in [-0.2, 0) is 6.42 Å². The second kappa shape index (κ2) is 7.86. The van der Waals surface area contributed by atoms with Crippen LogP contribution in [-0.4, -0.2) is 36.0 Å². The maximum atomic E-state index is 12.9. The van der Waals surface area contributed by atoms with Crippen LogP contribution in [0, 0.1) is 12.7 Å². The molecular weight excluding hydrogens is 307 g/mol. The number of rotatable bonds is 6. The van der Waals surface area contributed by atoms with Gasteiger partial charge in [-0.05, 0) is 44.4 Å². The number of amides is 1. The molecule has 0 spiro atoms. The van der Waals surface area contributed by atoms with Crippen molar-refractivity contribution in [2.24, 2.45) is 0 Å². The highest BCUT2D eigenvalue weighted by atomic mass is 19.1. The second-order valence-electron chi connectivity index (χ2n) is 6.10. The van der Waals surface area contributed by atoms with Crippen LogP contribution in [0.3, 0.4) is 0 Å². The van der Waals surface area contributed by atoms with Gasteiger partial charge in [0.15, 0.2) is 0 Å². The molecule has 0 saturated carbocycles. The van der Waals surface area contributed by atoms with E-state index >= 15 is 0 Å². The smallest absolute Gasteiger partial charge is 0.254 e. The molecular formula is C18H23FN4O. The molecule has 1 aromatic heterocycles. The van der Waals surface area contributed by atoms with Crippen molar-refractivity contribution >= 4 is 11.9 Å². The van der Waals surface area contributed by atoms with Gasteiger partial charge in [0.1, 0.15) is 5.82 Å². The van der Waals surface area contributed by atoms with E-state index in [1.807, 2.05) is 21.0 Å². The summed E-state index contributed by atoms with van der Waals surface area (Å²) in [5, 5.41) is 2.96. The molecule has 0 fully saturated rings. The van der Waals surface area contributed by atoms with Gasteiger partial charge in [-0.25, -0.2) is 14.4 Å². The fourth-order valence-electron chi connectivity index (χ4n) is 2.30. The van der Waals surface area contributed by atoms with E-state index in [1.54, 1.807) is 30.2 Å². The van der Waals surface area contributed by atoms with Crippen molar-refractivity contribution in [3.8, 4) is 0 Å². The molecule has 1 atom stereocenters. The van der Waals surface area contributed by atoms with Gasteiger partial charge >= 0.3 is 0 Å². The van der Waals surface area contributed by atoms with Crippen molar-refractivity contribution in [3.63, 3.8) is 0 Å². The molecule has 0 aliphatic heterocycles. The molecule has 0 saturated heterocycles. The predicted molar refractivity (Wildman–Crippen MR) is 92.7 cm³/mol. The molecule has 1 heterocycles. The summed E-state index contributed by atoms with van der Waals surface area (Å²) < 4.78 is 12.9. The Hall–Kier alpha value is -2.50. The predicted octanol–water partition coefficient (Wildman–Crippen LogP) is 2.74. The Balaban J connectivity index is 1.92. The molecule has 0 radical (unpaired) electrons. The third-order valence-electron chi connectivity index (χ3n) is 3.77. The number of aromatic nitrogens is 2. The van der Waals surface area contributed by atoms with Crippen LogP contribution < -0.4 is 10.2 Å². The van der Waals surface area contributed by atoms with E-state index in [2.05, 4.69) is 15.3 Å². The molecule has 0 aliphatic rings. The van der Waals surface area contributed by atoms with Gasteiger partial charge < -0.3 is 10.2 Å². The van der Waals surface area contributed by atoms with Crippen molar-refractivity contribution in [1.82, 2.24) is 15.3 Å². The van der Waals surface area contributed by atoms with E-state index in [-0.39, 0.29) is 17.8 Å². The van der Waals surface area contributed by atoms with Crippen molar-refractivity contribution < 1.29 is 9.18 Å². The third-order valence-corrected chi connectivity index (χ3v) is 3.77. The monoisotopic (exact) mass is 330 g/mol. The molecule has 0 aliphatic carbocycles. The number of nitrogens with zero attached hydrogens (tertiary/aromatic N) is 3. The summed E-state index contributed by atoms with van der Waals surface area (Å²) in [6.45, 7) is 3.75. The zero-order valence-electron chi connectivity index (χ0n) is 14.5. The quantitative estimate of drug-likeness (QED) is 0.885. The Labute approximate surface area is 141 Å². The molecule has 2 aromatic rings. The van der Waals surface area contributed by atoms with E-state index in [0.29, 0.717) is 17.2 Å². The highest BCUT2D eigenvalue weighted by molar-refractivity contribution is 5.95. The van der Waals surface area contributed by atoms with Crippen molar-refractivity contribution in [2.75, 3.05) is 19.0 Å². The van der Waals surface area contributed by atoms with Crippen LogP contribution in [0.4, 0.5) is 10.3 Å². The molecule has 1 N–H and O–H groups in total. The lowest BCUT2D eigenvalue weighted by Crippen LogP contribution is -2.33. The Morgan fingerprint density at radius 3 is 2.54 bits per heavy atom. The first-order chi connectivity index (χ1) is 11.4. The standard InChI is InChI=1S/C18H23FN4O/c1-12(5-6-14-7-9-15(19)10-8-14)21-17(24)16-11-20-18(23(3)4)22-13(16)2/h7-12H,5-6H2,1-4H3,(H,21,24). The maximum Gasteiger partial charge on any atom is 0.254 e. The van der Waals surface area contributed by atoms with Crippen molar-refractivity contribution in [2.45, 2.75) is 32.7 Å². The van der Waals surface area contributed by atoms with E-state index in [9.17, 15) is 9.18 Å². The molecule has 6 heteroatoms. The normalized spacial score (nSPS) is 11.9. The maximum absolute atomic E-state index is 12.9. The Morgan fingerprint density at radius 1 is 1.29 bits per heavy atom. The highest BCUT2D eigenvalue weighted by Crippen LogP contribution is 2.11. The van der Waals surface area contributed by atoms with Gasteiger partial charge in [0.25, 0.3) is 5.91 Å². The molecule has 1 amide bonds. The Morgan fingerprint density at radius 2 is 1.96 bits per heavy atom. The van der Waals surface area contributed by atoms with Gasteiger partial charge in [0, 0.05) is 26.3 Å². The molecule has 24 heavy (non-hydrogen) atoms. The number of carbonyl (C=O) groups is 1. The Kier molecular flexibility index (Phi) is 5.84. The van der Waals surface area contributed by atoms with Gasteiger partial charge in [-0.1, -0.05) is 12.1 Å². The molecule has 2 rings (SSSR count). The number of halogens is 1. The molecule has 5 nitrogen and oxygen atoms in total. The number of nitrogens with one attached hydrogen (secondary N) is 1. The minimum atomic E-state index is -0.239. The third kappa shape index (κ3) is 4.75. The average Bonchev–Trinajstić information content (AvgIpc) is 2.54. The number of hydrogen-bond donors (Lipinski definition) is 1. The first-order valence-corrected chi connectivity index (χ1v) is 7.93. The van der Waals surface area contributed by atoms with Crippen molar-refractivity contribution in [1.29, 1.82) is 0 Å². The van der Waals surface area contributed by atoms with Gasteiger partial charge in [-0.15, -0.1) is 0 Å². The van der Waals surface area contributed by atoms with Crippen LogP contribution in [0.25, 0.3) is 0 Å². The summed E-state index contributed by atoms with van der Waals surface area (Å²) >= 11 is 0. The topological polar surface area (TPSA) is 58.1 Å². The lowest BCUT2D eigenvalue weighted by molar-refractivity contribution is 0.0937. The summed E-state index contributed by atoms with van der Waals surface area (Å²) in [4.78, 5) is 22.7. The summed E-state index contributed by atoms with van der Waals surface area (Å²) in [6.07, 6.45) is 3.10. The van der Waals surface area contributed by atoms with Crippen LogP contribution >= 0.6 is 0 Å². The molecule has 128 valence electrons. The lowest BCUT2D eigenvalue weighted by atomic mass is 10.1. The molecule has 0 bridgehead atoms. The van der Waals surface area contributed by atoms with Gasteiger partial charge in [0.2, 0.25) is 5.95 Å². The number of anilines is 1. The van der Waals surface area contributed by atoms with Gasteiger partial charge in [0.05, 0.1) is 11.3 Å². The zero-order chi connectivity index (χ0) is 17.7. The first kappa shape index (κ1) is 17.8. The summed E-state index contributed by atoms with van der Waals surface area (Å²) in [5.74, 6) is 0.162.